The maximum absolute atomic E-state index is 13.4. The van der Waals surface area contributed by atoms with Gasteiger partial charge in [-0.3, -0.25) is 0 Å². The quantitative estimate of drug-likeness (QED) is 0.690. The van der Waals surface area contributed by atoms with Crippen LogP contribution >= 0.6 is 0 Å². The predicted molar refractivity (Wildman–Crippen MR) is 94.1 cm³/mol. The van der Waals surface area contributed by atoms with Crippen LogP contribution in [-0.2, 0) is 0 Å². The second-order valence-corrected chi connectivity index (χ2v) is 6.06. The van der Waals surface area contributed by atoms with Gasteiger partial charge in [-0.05, 0) is 47.2 Å². The highest BCUT2D eigenvalue weighted by molar-refractivity contribution is 5.33. The van der Waals surface area contributed by atoms with E-state index in [1.807, 2.05) is 27.7 Å². The van der Waals surface area contributed by atoms with Gasteiger partial charge in [0.25, 0.3) is 0 Å². The van der Waals surface area contributed by atoms with Crippen LogP contribution in [0.1, 0.15) is 50.7 Å². The number of hydrogen-bond donors (Lipinski definition) is 0. The van der Waals surface area contributed by atoms with E-state index in [4.69, 9.17) is 9.47 Å². The first-order valence-corrected chi connectivity index (χ1v) is 7.97. The fraction of sp³-hybridized carbons (Fsp3) is 0.400. The summed E-state index contributed by atoms with van der Waals surface area (Å²) >= 11 is 0. The van der Waals surface area contributed by atoms with Gasteiger partial charge >= 0.3 is 0 Å². The topological polar surface area (TPSA) is 18.5 Å². The van der Waals surface area contributed by atoms with E-state index in [1.165, 1.54) is 13.2 Å². The molecule has 24 heavy (non-hydrogen) atoms. The van der Waals surface area contributed by atoms with Crippen LogP contribution in [0.25, 0.3) is 0 Å². The van der Waals surface area contributed by atoms with Crippen molar-refractivity contribution in [3.63, 3.8) is 0 Å². The molecule has 0 heterocycles. The van der Waals surface area contributed by atoms with Gasteiger partial charge in [-0.1, -0.05) is 39.8 Å². The summed E-state index contributed by atoms with van der Waals surface area (Å²) in [6.07, 6.45) is 0. The lowest BCUT2D eigenvalue weighted by Crippen LogP contribution is -1.96. The van der Waals surface area contributed by atoms with Crippen molar-refractivity contribution in [2.75, 3.05) is 14.2 Å². The van der Waals surface area contributed by atoms with Crippen LogP contribution in [0.2, 0.25) is 0 Å². The Bertz CT molecular complexity index is 646. The van der Waals surface area contributed by atoms with Crippen LogP contribution in [-0.4, -0.2) is 14.2 Å². The summed E-state index contributed by atoms with van der Waals surface area (Å²) in [5, 5.41) is 0. The number of halogens is 2. The first kappa shape index (κ1) is 19.9. The van der Waals surface area contributed by atoms with Crippen LogP contribution in [0.5, 0.6) is 11.5 Å². The van der Waals surface area contributed by atoms with Crippen molar-refractivity contribution in [1.82, 2.24) is 0 Å². The molecule has 2 rings (SSSR count). The van der Waals surface area contributed by atoms with Crippen molar-refractivity contribution in [2.45, 2.75) is 39.5 Å². The minimum absolute atomic E-state index is 0.161. The maximum Gasteiger partial charge on any atom is 0.168 e. The Morgan fingerprint density at radius 2 is 1.42 bits per heavy atom. The molecule has 0 bridgehead atoms. The minimum Gasteiger partial charge on any atom is -0.497 e. The molecule has 0 spiro atoms. The van der Waals surface area contributed by atoms with Crippen molar-refractivity contribution >= 4 is 0 Å². The molecule has 0 radical (unpaired) electrons. The molecular weight excluding hydrogens is 310 g/mol. The van der Waals surface area contributed by atoms with Crippen LogP contribution in [0.3, 0.4) is 0 Å². The second-order valence-electron chi connectivity index (χ2n) is 6.06. The highest BCUT2D eigenvalue weighted by Gasteiger charge is 2.10. The van der Waals surface area contributed by atoms with Gasteiger partial charge in [0, 0.05) is 0 Å². The van der Waals surface area contributed by atoms with Crippen LogP contribution in [0, 0.1) is 11.6 Å². The van der Waals surface area contributed by atoms with E-state index in [-0.39, 0.29) is 23.5 Å². The summed E-state index contributed by atoms with van der Waals surface area (Å²) in [6.45, 7) is 7.82. The minimum atomic E-state index is -0.241. The Labute approximate surface area is 143 Å². The van der Waals surface area contributed by atoms with E-state index >= 15 is 0 Å². The Hall–Kier alpha value is -2.10. The molecule has 0 fully saturated rings. The lowest BCUT2D eigenvalue weighted by Gasteiger charge is -2.09. The Kier molecular flexibility index (Phi) is 7.69. The summed E-state index contributed by atoms with van der Waals surface area (Å²) in [7, 11) is 3.06. The molecule has 0 aliphatic carbocycles. The van der Waals surface area contributed by atoms with E-state index in [2.05, 4.69) is 0 Å². The summed E-state index contributed by atoms with van der Waals surface area (Å²) in [4.78, 5) is 0. The first-order valence-electron chi connectivity index (χ1n) is 7.97. The zero-order chi connectivity index (χ0) is 18.3. The molecule has 0 aliphatic heterocycles. The third-order valence-electron chi connectivity index (χ3n) is 3.66. The third-order valence-corrected chi connectivity index (χ3v) is 3.66. The molecular formula is C20H26F2O2. The van der Waals surface area contributed by atoms with Crippen molar-refractivity contribution < 1.29 is 18.3 Å². The predicted octanol–water partition coefficient (Wildman–Crippen LogP) is 5.92. The van der Waals surface area contributed by atoms with Crippen molar-refractivity contribution in [1.29, 1.82) is 0 Å². The molecule has 2 nitrogen and oxygen atoms in total. The monoisotopic (exact) mass is 336 g/mol. The smallest absolute Gasteiger partial charge is 0.168 e. The molecule has 0 aromatic heterocycles. The lowest BCUT2D eigenvalue weighted by molar-refractivity contribution is 0.383. The van der Waals surface area contributed by atoms with Crippen LogP contribution < -0.4 is 9.47 Å². The van der Waals surface area contributed by atoms with Crippen molar-refractivity contribution in [3.8, 4) is 11.5 Å². The van der Waals surface area contributed by atoms with Crippen molar-refractivity contribution in [2.24, 2.45) is 0 Å². The molecule has 0 saturated heterocycles. The molecule has 132 valence electrons. The summed E-state index contributed by atoms with van der Waals surface area (Å²) in [5.74, 6) is 1.02. The van der Waals surface area contributed by atoms with Crippen LogP contribution in [0.15, 0.2) is 36.4 Å². The Morgan fingerprint density at radius 3 is 1.92 bits per heavy atom. The average molecular weight is 336 g/mol. The van der Waals surface area contributed by atoms with Gasteiger partial charge in [-0.2, -0.15) is 0 Å². The average Bonchev–Trinajstić information content (AvgIpc) is 2.55. The standard InChI is InChI=1S/2C10H13FO/c1-7(2)9-6-8(12-3)4-5-10(9)11;1-7(2)8-5-4-6-9(12-3)10(8)11/h2*4-7H,1-3H3. The molecule has 2 aromatic rings. The normalized spacial score (nSPS) is 10.4. The number of methoxy groups -OCH3 is 2. The molecule has 4 heteroatoms. The third kappa shape index (κ3) is 5.22. The highest BCUT2D eigenvalue weighted by atomic mass is 19.1. The number of benzene rings is 2. The number of ether oxygens (including phenoxy) is 2. The maximum atomic E-state index is 13.4. The molecule has 0 N–H and O–H groups in total. The van der Waals surface area contributed by atoms with Crippen molar-refractivity contribution in [3.05, 3.63) is 59.2 Å². The Morgan fingerprint density at radius 1 is 0.792 bits per heavy atom. The largest absolute Gasteiger partial charge is 0.497 e. The van der Waals surface area contributed by atoms with E-state index < -0.39 is 0 Å². The zero-order valence-electron chi connectivity index (χ0n) is 15.2. The van der Waals surface area contributed by atoms with Gasteiger partial charge in [0.05, 0.1) is 14.2 Å². The van der Waals surface area contributed by atoms with E-state index in [9.17, 15) is 8.78 Å². The zero-order valence-corrected chi connectivity index (χ0v) is 15.2. The molecule has 2 aromatic carbocycles. The van der Waals surface area contributed by atoms with Gasteiger partial charge in [0.1, 0.15) is 11.6 Å². The Balaban J connectivity index is 0.000000240. The molecule has 0 saturated carbocycles. The van der Waals surface area contributed by atoms with Crippen LogP contribution in [0.4, 0.5) is 8.78 Å². The molecule has 0 aliphatic rings. The van der Waals surface area contributed by atoms with Gasteiger partial charge < -0.3 is 9.47 Å². The summed E-state index contributed by atoms with van der Waals surface area (Å²) in [6, 6.07) is 10.0. The van der Waals surface area contributed by atoms with E-state index in [1.54, 1.807) is 37.4 Å². The van der Waals surface area contributed by atoms with E-state index in [0.717, 1.165) is 0 Å². The fourth-order valence-electron chi connectivity index (χ4n) is 2.22. The highest BCUT2D eigenvalue weighted by Crippen LogP contribution is 2.25. The number of rotatable bonds is 4. The SMILES string of the molecule is COc1ccc(F)c(C(C)C)c1.COc1cccc(C(C)C)c1F. The molecule has 0 amide bonds. The van der Waals surface area contributed by atoms with E-state index in [0.29, 0.717) is 22.6 Å². The van der Waals surface area contributed by atoms with Gasteiger partial charge in [-0.25, -0.2) is 8.78 Å². The second kappa shape index (κ2) is 9.26. The molecule has 0 atom stereocenters. The first-order chi connectivity index (χ1) is 11.3. The summed E-state index contributed by atoms with van der Waals surface area (Å²) in [5.41, 5.74) is 1.41. The number of hydrogen-bond acceptors (Lipinski definition) is 2. The van der Waals surface area contributed by atoms with Gasteiger partial charge in [0.15, 0.2) is 11.6 Å². The fourth-order valence-corrected chi connectivity index (χ4v) is 2.22. The van der Waals surface area contributed by atoms with Gasteiger partial charge in [-0.15, -0.1) is 0 Å². The molecule has 0 unspecified atom stereocenters. The summed E-state index contributed by atoms with van der Waals surface area (Å²) < 4.78 is 36.4. The van der Waals surface area contributed by atoms with Gasteiger partial charge in [0.2, 0.25) is 0 Å². The lowest BCUT2D eigenvalue weighted by atomic mass is 10.0.